The maximum Gasteiger partial charge on any atom is 0.223 e. The number of hydrogen-bond acceptors (Lipinski definition) is 3. The van der Waals surface area contributed by atoms with Crippen LogP contribution in [0, 0.1) is 0 Å². The third-order valence-electron chi connectivity index (χ3n) is 6.11. The van der Waals surface area contributed by atoms with Gasteiger partial charge in [-0.3, -0.25) is 14.5 Å². The van der Waals surface area contributed by atoms with Crippen LogP contribution in [0.4, 0.5) is 0 Å². The van der Waals surface area contributed by atoms with Crippen LogP contribution in [-0.2, 0) is 9.59 Å². The van der Waals surface area contributed by atoms with Gasteiger partial charge in [-0.05, 0) is 48.7 Å². The van der Waals surface area contributed by atoms with Crippen LogP contribution in [0.25, 0.3) is 6.08 Å². The average Bonchev–Trinajstić information content (AvgIpc) is 3.29. The maximum atomic E-state index is 12.9. The minimum Gasteiger partial charge on any atom is -0.354 e. The second-order valence-corrected chi connectivity index (χ2v) is 8.06. The van der Waals surface area contributed by atoms with Crippen molar-refractivity contribution >= 4 is 17.9 Å². The lowest BCUT2D eigenvalue weighted by Crippen LogP contribution is -2.39. The first-order chi connectivity index (χ1) is 14.6. The molecule has 0 aromatic heterocycles. The van der Waals surface area contributed by atoms with Gasteiger partial charge in [-0.25, -0.2) is 0 Å². The van der Waals surface area contributed by atoms with Crippen molar-refractivity contribution < 1.29 is 9.59 Å². The van der Waals surface area contributed by atoms with E-state index in [9.17, 15) is 9.59 Å². The van der Waals surface area contributed by atoms with Crippen LogP contribution in [0.3, 0.4) is 0 Å². The molecular weight excluding hydrogens is 374 g/mol. The first-order valence-corrected chi connectivity index (χ1v) is 10.7. The van der Waals surface area contributed by atoms with E-state index < -0.39 is 0 Å². The molecule has 156 valence electrons. The average molecular weight is 404 g/mol. The van der Waals surface area contributed by atoms with Crippen LogP contribution in [0.5, 0.6) is 0 Å². The van der Waals surface area contributed by atoms with Crippen molar-refractivity contribution in [1.82, 2.24) is 15.1 Å². The van der Waals surface area contributed by atoms with E-state index in [2.05, 4.69) is 34.5 Å². The topological polar surface area (TPSA) is 52.7 Å². The summed E-state index contributed by atoms with van der Waals surface area (Å²) >= 11 is 0. The highest BCUT2D eigenvalue weighted by molar-refractivity contribution is 5.81. The van der Waals surface area contributed by atoms with Crippen LogP contribution < -0.4 is 5.32 Å². The number of amides is 2. The predicted molar refractivity (Wildman–Crippen MR) is 118 cm³/mol. The molecule has 0 spiro atoms. The number of nitrogens with zero attached hydrogens (tertiary/aromatic N) is 2. The van der Waals surface area contributed by atoms with E-state index in [4.69, 9.17) is 0 Å². The number of nitrogens with one attached hydrogen (secondary N) is 1. The molecule has 1 N–H and O–H groups in total. The zero-order valence-electron chi connectivity index (χ0n) is 17.5. The largest absolute Gasteiger partial charge is 0.354 e. The molecule has 5 nitrogen and oxygen atoms in total. The third-order valence-corrected chi connectivity index (χ3v) is 6.11. The van der Waals surface area contributed by atoms with Crippen LogP contribution in [0.1, 0.15) is 55.0 Å². The lowest BCUT2D eigenvalue weighted by molar-refractivity contribution is -0.130. The molecule has 30 heavy (non-hydrogen) atoms. The number of fused-ring (bicyclic) bond motifs is 1. The van der Waals surface area contributed by atoms with Gasteiger partial charge in [-0.2, -0.15) is 0 Å². The van der Waals surface area contributed by atoms with Gasteiger partial charge < -0.3 is 10.2 Å². The van der Waals surface area contributed by atoms with Crippen LogP contribution >= 0.6 is 0 Å². The predicted octanol–water partition coefficient (Wildman–Crippen LogP) is 3.90. The van der Waals surface area contributed by atoms with Crippen LogP contribution in [0.15, 0.2) is 60.8 Å². The van der Waals surface area contributed by atoms with E-state index in [0.29, 0.717) is 6.54 Å². The maximum absolute atomic E-state index is 12.9. The Hall–Kier alpha value is -2.92. The standard InChI is InChI=1S/C25H29N3O2/c1-19(29)28-16-13-20-9-5-6-12-22(20)23(28)17-25(30)26-18-24(27-14-7-8-15-27)21-10-3-2-4-11-21/h2-6,9-13,16,23-24H,7-8,14-15,17-18H2,1H3,(H,26,30)/t23-,24-/m1/s1. The molecule has 1 fully saturated rings. The van der Waals surface area contributed by atoms with Gasteiger partial charge in [0.15, 0.2) is 0 Å². The highest BCUT2D eigenvalue weighted by Crippen LogP contribution is 2.33. The molecule has 2 aliphatic heterocycles. The molecule has 1 saturated heterocycles. The highest BCUT2D eigenvalue weighted by Gasteiger charge is 2.29. The minimum atomic E-state index is -0.273. The van der Waals surface area contributed by atoms with Crippen molar-refractivity contribution in [1.29, 1.82) is 0 Å². The summed E-state index contributed by atoms with van der Waals surface area (Å²) in [6.45, 7) is 4.25. The number of carbonyl (C=O) groups is 2. The van der Waals surface area contributed by atoms with E-state index in [-0.39, 0.29) is 30.3 Å². The van der Waals surface area contributed by atoms with Crippen molar-refractivity contribution in [3.8, 4) is 0 Å². The summed E-state index contributed by atoms with van der Waals surface area (Å²) in [5.41, 5.74) is 3.31. The Morgan fingerprint density at radius 2 is 1.73 bits per heavy atom. The van der Waals surface area contributed by atoms with Crippen molar-refractivity contribution in [2.45, 2.75) is 38.3 Å². The van der Waals surface area contributed by atoms with Crippen LogP contribution in [0.2, 0.25) is 0 Å². The van der Waals surface area contributed by atoms with Crippen molar-refractivity contribution in [3.63, 3.8) is 0 Å². The zero-order valence-corrected chi connectivity index (χ0v) is 17.5. The fraction of sp³-hybridized carbons (Fsp3) is 0.360. The van der Waals surface area contributed by atoms with Crippen LogP contribution in [-0.4, -0.2) is 41.2 Å². The number of likely N-dealkylation sites (tertiary alicyclic amines) is 1. The Labute approximate surface area is 178 Å². The van der Waals surface area contributed by atoms with E-state index in [1.165, 1.54) is 18.4 Å². The van der Waals surface area contributed by atoms with Gasteiger partial charge >= 0.3 is 0 Å². The Balaban J connectivity index is 1.46. The normalized spacial score (nSPS) is 19.4. The van der Waals surface area contributed by atoms with E-state index in [1.807, 2.05) is 36.4 Å². The quantitative estimate of drug-likeness (QED) is 0.796. The first-order valence-electron chi connectivity index (χ1n) is 10.7. The summed E-state index contributed by atoms with van der Waals surface area (Å²) in [5, 5.41) is 3.15. The molecule has 2 heterocycles. The summed E-state index contributed by atoms with van der Waals surface area (Å²) in [5.74, 6) is -0.0886. The number of benzene rings is 2. The molecule has 4 rings (SSSR count). The van der Waals surface area contributed by atoms with Crippen molar-refractivity contribution in [2.75, 3.05) is 19.6 Å². The second kappa shape index (κ2) is 9.26. The molecule has 2 atom stereocenters. The second-order valence-electron chi connectivity index (χ2n) is 8.06. The van der Waals surface area contributed by atoms with Crippen molar-refractivity contribution in [3.05, 3.63) is 77.5 Å². The van der Waals surface area contributed by atoms with Gasteiger partial charge in [0.2, 0.25) is 11.8 Å². The lowest BCUT2D eigenvalue weighted by Gasteiger charge is -2.33. The number of hydrogen-bond donors (Lipinski definition) is 1. The fourth-order valence-electron chi connectivity index (χ4n) is 4.56. The number of carbonyl (C=O) groups excluding carboxylic acids is 2. The summed E-state index contributed by atoms with van der Waals surface area (Å²) in [4.78, 5) is 29.2. The van der Waals surface area contributed by atoms with Crippen molar-refractivity contribution in [2.24, 2.45) is 0 Å². The molecule has 0 bridgehead atoms. The molecule has 2 amide bonds. The first kappa shape index (κ1) is 20.4. The van der Waals surface area contributed by atoms with Gasteiger partial charge in [-0.15, -0.1) is 0 Å². The molecule has 0 saturated carbocycles. The monoisotopic (exact) mass is 403 g/mol. The Bertz CT molecular complexity index is 919. The summed E-state index contributed by atoms with van der Waals surface area (Å²) in [6, 6.07) is 18.3. The summed E-state index contributed by atoms with van der Waals surface area (Å²) in [7, 11) is 0. The van der Waals surface area contributed by atoms with Gasteiger partial charge in [-0.1, -0.05) is 54.6 Å². The molecule has 0 radical (unpaired) electrons. The molecule has 5 heteroatoms. The zero-order chi connectivity index (χ0) is 20.9. The Morgan fingerprint density at radius 1 is 1.03 bits per heavy atom. The van der Waals surface area contributed by atoms with Gasteiger partial charge in [0.05, 0.1) is 18.5 Å². The lowest BCUT2D eigenvalue weighted by atomic mass is 9.93. The molecule has 2 aromatic carbocycles. The summed E-state index contributed by atoms with van der Waals surface area (Å²) < 4.78 is 0. The third kappa shape index (κ3) is 4.46. The molecule has 0 aliphatic carbocycles. The molecular formula is C25H29N3O2. The molecule has 2 aromatic rings. The molecule has 2 aliphatic rings. The summed E-state index contributed by atoms with van der Waals surface area (Å²) in [6.07, 6.45) is 6.39. The van der Waals surface area contributed by atoms with Gasteiger partial charge in [0, 0.05) is 19.7 Å². The SMILES string of the molecule is CC(=O)N1C=Cc2ccccc2[C@H]1CC(=O)NC[C@H](c1ccccc1)N1CCCC1. The fourth-order valence-corrected chi connectivity index (χ4v) is 4.56. The van der Waals surface area contributed by atoms with E-state index >= 15 is 0 Å². The van der Waals surface area contributed by atoms with E-state index in [1.54, 1.807) is 18.0 Å². The minimum absolute atomic E-state index is 0.0310. The highest BCUT2D eigenvalue weighted by atomic mass is 16.2. The Morgan fingerprint density at radius 3 is 2.47 bits per heavy atom. The Kier molecular flexibility index (Phi) is 6.29. The van der Waals surface area contributed by atoms with Gasteiger partial charge in [0.25, 0.3) is 0 Å². The smallest absolute Gasteiger partial charge is 0.223 e. The molecule has 0 unspecified atom stereocenters. The number of rotatable bonds is 6. The van der Waals surface area contributed by atoms with E-state index in [0.717, 1.165) is 24.2 Å². The van der Waals surface area contributed by atoms with Gasteiger partial charge in [0.1, 0.15) is 0 Å².